The van der Waals surface area contributed by atoms with Crippen LogP contribution in [0.4, 0.5) is 0 Å². The van der Waals surface area contributed by atoms with Gasteiger partial charge in [0.2, 0.25) is 0 Å². The molecule has 0 saturated carbocycles. The zero-order valence-electron chi connectivity index (χ0n) is 11.6. The predicted molar refractivity (Wildman–Crippen MR) is 85.6 cm³/mol. The fraction of sp³-hybridized carbons (Fsp3) is 0.0556. The van der Waals surface area contributed by atoms with Gasteiger partial charge in [0.15, 0.2) is 0 Å². The number of nitrogens with zero attached hydrogens (tertiary/aromatic N) is 1. The quantitative estimate of drug-likeness (QED) is 0.588. The lowest BCUT2D eigenvalue weighted by molar-refractivity contribution is 0.415. The van der Waals surface area contributed by atoms with Crippen molar-refractivity contribution < 1.29 is 4.74 Å². The van der Waals surface area contributed by atoms with Crippen LogP contribution in [0.25, 0.3) is 33.1 Å². The predicted octanol–water partition coefficient (Wildman–Crippen LogP) is 4.39. The van der Waals surface area contributed by atoms with E-state index in [1.165, 1.54) is 0 Å². The molecule has 0 spiro atoms. The summed E-state index contributed by atoms with van der Waals surface area (Å²) in [5, 5.41) is 2.27. The number of hydrogen-bond acceptors (Lipinski definition) is 2. The molecule has 0 radical (unpaired) electrons. The molecule has 3 heteroatoms. The van der Waals surface area contributed by atoms with Crippen LogP contribution in [0, 0.1) is 0 Å². The first-order valence-electron chi connectivity index (χ1n) is 6.86. The molecule has 0 aliphatic heterocycles. The topological polar surface area (TPSA) is 37.9 Å². The van der Waals surface area contributed by atoms with Crippen LogP contribution in [0.2, 0.25) is 0 Å². The van der Waals surface area contributed by atoms with E-state index in [0.29, 0.717) is 0 Å². The molecular formula is C18H14N2O. The maximum atomic E-state index is 5.32. The molecule has 0 aliphatic rings. The summed E-state index contributed by atoms with van der Waals surface area (Å²) in [6.07, 6.45) is 2.00. The summed E-state index contributed by atoms with van der Waals surface area (Å²) in [6.45, 7) is 0. The van der Waals surface area contributed by atoms with Crippen molar-refractivity contribution in [3.63, 3.8) is 0 Å². The van der Waals surface area contributed by atoms with Gasteiger partial charge < -0.3 is 9.72 Å². The Morgan fingerprint density at radius 3 is 2.81 bits per heavy atom. The smallest absolute Gasteiger partial charge is 0.119 e. The second-order valence-corrected chi connectivity index (χ2v) is 5.00. The van der Waals surface area contributed by atoms with E-state index in [4.69, 9.17) is 9.72 Å². The molecule has 102 valence electrons. The minimum Gasteiger partial charge on any atom is -0.497 e. The van der Waals surface area contributed by atoms with Gasteiger partial charge in [0.1, 0.15) is 5.75 Å². The van der Waals surface area contributed by atoms with Crippen LogP contribution in [0.1, 0.15) is 0 Å². The number of rotatable bonds is 2. The van der Waals surface area contributed by atoms with Crippen molar-refractivity contribution in [2.45, 2.75) is 0 Å². The second kappa shape index (κ2) is 4.63. The standard InChI is InChI=1S/C18H14N2O/c1-21-13-7-9-17-14(10-13)15(11-19-17)18-8-6-12-4-2-3-5-16(12)20-18/h2-11,19H,1H3. The molecule has 2 aromatic heterocycles. The Morgan fingerprint density at radius 2 is 1.90 bits per heavy atom. The largest absolute Gasteiger partial charge is 0.497 e. The highest BCUT2D eigenvalue weighted by atomic mass is 16.5. The van der Waals surface area contributed by atoms with Crippen molar-refractivity contribution in [1.82, 2.24) is 9.97 Å². The van der Waals surface area contributed by atoms with Crippen molar-refractivity contribution in [2.24, 2.45) is 0 Å². The maximum Gasteiger partial charge on any atom is 0.119 e. The summed E-state index contributed by atoms with van der Waals surface area (Å²) in [5.74, 6) is 0.851. The van der Waals surface area contributed by atoms with Crippen LogP contribution in [0.15, 0.2) is 60.8 Å². The van der Waals surface area contributed by atoms with Gasteiger partial charge in [-0.3, -0.25) is 0 Å². The summed E-state index contributed by atoms with van der Waals surface area (Å²) < 4.78 is 5.32. The third-order valence-corrected chi connectivity index (χ3v) is 3.76. The summed E-state index contributed by atoms with van der Waals surface area (Å²) in [6, 6.07) is 18.3. The first kappa shape index (κ1) is 12.0. The first-order valence-corrected chi connectivity index (χ1v) is 6.86. The van der Waals surface area contributed by atoms with Crippen molar-refractivity contribution in [3.05, 3.63) is 60.8 Å². The van der Waals surface area contributed by atoms with E-state index in [-0.39, 0.29) is 0 Å². The van der Waals surface area contributed by atoms with Crippen LogP contribution in [0.3, 0.4) is 0 Å². The number of methoxy groups -OCH3 is 1. The van der Waals surface area contributed by atoms with Gasteiger partial charge in [0, 0.05) is 28.0 Å². The molecule has 3 nitrogen and oxygen atoms in total. The van der Waals surface area contributed by atoms with Crippen LogP contribution in [-0.2, 0) is 0 Å². The van der Waals surface area contributed by atoms with E-state index in [0.717, 1.165) is 38.8 Å². The molecule has 0 aliphatic carbocycles. The Hall–Kier alpha value is -2.81. The van der Waals surface area contributed by atoms with Gasteiger partial charge in [0.05, 0.1) is 18.3 Å². The zero-order valence-corrected chi connectivity index (χ0v) is 11.6. The van der Waals surface area contributed by atoms with Crippen LogP contribution < -0.4 is 4.74 Å². The number of pyridine rings is 1. The van der Waals surface area contributed by atoms with E-state index in [1.807, 2.05) is 42.6 Å². The molecule has 0 fully saturated rings. The van der Waals surface area contributed by atoms with Crippen molar-refractivity contribution in [2.75, 3.05) is 7.11 Å². The SMILES string of the molecule is COc1ccc2[nH]cc(-c3ccc4ccccc4n3)c2c1. The van der Waals surface area contributed by atoms with Crippen molar-refractivity contribution in [3.8, 4) is 17.0 Å². The fourth-order valence-electron chi connectivity index (χ4n) is 2.65. The van der Waals surface area contributed by atoms with E-state index in [9.17, 15) is 0 Å². The van der Waals surface area contributed by atoms with E-state index < -0.39 is 0 Å². The second-order valence-electron chi connectivity index (χ2n) is 5.00. The van der Waals surface area contributed by atoms with Crippen molar-refractivity contribution >= 4 is 21.8 Å². The highest BCUT2D eigenvalue weighted by molar-refractivity contribution is 5.96. The number of H-pyrrole nitrogens is 1. The number of benzene rings is 2. The molecule has 0 saturated heterocycles. The number of fused-ring (bicyclic) bond motifs is 2. The lowest BCUT2D eigenvalue weighted by Gasteiger charge is -2.03. The number of aromatic amines is 1. The molecule has 0 amide bonds. The third kappa shape index (κ3) is 1.94. The lowest BCUT2D eigenvalue weighted by Crippen LogP contribution is -1.85. The summed E-state index contributed by atoms with van der Waals surface area (Å²) >= 11 is 0. The summed E-state index contributed by atoms with van der Waals surface area (Å²) in [7, 11) is 1.68. The molecular weight excluding hydrogens is 260 g/mol. The Bertz CT molecular complexity index is 940. The highest BCUT2D eigenvalue weighted by Crippen LogP contribution is 2.31. The van der Waals surface area contributed by atoms with Gasteiger partial charge in [0.25, 0.3) is 0 Å². The number of ether oxygens (including phenoxy) is 1. The molecule has 0 unspecified atom stereocenters. The van der Waals surface area contributed by atoms with Gasteiger partial charge in [-0.1, -0.05) is 24.3 Å². The van der Waals surface area contributed by atoms with E-state index >= 15 is 0 Å². The number of para-hydroxylation sites is 1. The van der Waals surface area contributed by atoms with Crippen LogP contribution >= 0.6 is 0 Å². The maximum absolute atomic E-state index is 5.32. The van der Waals surface area contributed by atoms with Crippen LogP contribution in [0.5, 0.6) is 5.75 Å². The highest BCUT2D eigenvalue weighted by Gasteiger charge is 2.09. The first-order chi connectivity index (χ1) is 10.3. The molecule has 0 bridgehead atoms. The molecule has 4 aromatic rings. The molecule has 2 heterocycles. The van der Waals surface area contributed by atoms with E-state index in [2.05, 4.69) is 23.2 Å². The monoisotopic (exact) mass is 274 g/mol. The lowest BCUT2D eigenvalue weighted by atomic mass is 10.1. The molecule has 21 heavy (non-hydrogen) atoms. The van der Waals surface area contributed by atoms with Gasteiger partial charge >= 0.3 is 0 Å². The Labute approximate surface area is 122 Å². The minimum atomic E-state index is 0.851. The Balaban J connectivity index is 1.94. The minimum absolute atomic E-state index is 0.851. The van der Waals surface area contributed by atoms with Crippen molar-refractivity contribution in [1.29, 1.82) is 0 Å². The average Bonchev–Trinajstić information content (AvgIpc) is 2.97. The van der Waals surface area contributed by atoms with Gasteiger partial charge in [-0.15, -0.1) is 0 Å². The normalized spacial score (nSPS) is 11.1. The number of nitrogens with one attached hydrogen (secondary N) is 1. The number of hydrogen-bond donors (Lipinski definition) is 1. The van der Waals surface area contributed by atoms with Gasteiger partial charge in [-0.2, -0.15) is 0 Å². The summed E-state index contributed by atoms with van der Waals surface area (Å²) in [5.41, 5.74) is 4.15. The molecule has 2 aromatic carbocycles. The Kier molecular flexibility index (Phi) is 2.64. The third-order valence-electron chi connectivity index (χ3n) is 3.76. The van der Waals surface area contributed by atoms with Gasteiger partial charge in [-0.05, 0) is 30.3 Å². The van der Waals surface area contributed by atoms with E-state index in [1.54, 1.807) is 7.11 Å². The summed E-state index contributed by atoms with van der Waals surface area (Å²) in [4.78, 5) is 8.05. The molecule has 4 rings (SSSR count). The zero-order chi connectivity index (χ0) is 14.2. The average molecular weight is 274 g/mol. The molecule has 0 atom stereocenters. The Morgan fingerprint density at radius 1 is 1.00 bits per heavy atom. The fourth-order valence-corrected chi connectivity index (χ4v) is 2.65. The van der Waals surface area contributed by atoms with Crippen LogP contribution in [-0.4, -0.2) is 17.1 Å². The number of aromatic nitrogens is 2. The molecule has 1 N–H and O–H groups in total. The van der Waals surface area contributed by atoms with Gasteiger partial charge in [-0.25, -0.2) is 4.98 Å².